The molecule has 6 rings (SSSR count). The number of anilines is 1. The molecule has 4 heterocycles. The maximum atomic E-state index is 13.7. The van der Waals surface area contributed by atoms with Gasteiger partial charge in [0.1, 0.15) is 34.7 Å². The Morgan fingerprint density at radius 3 is 2.64 bits per heavy atom. The van der Waals surface area contributed by atoms with Crippen molar-refractivity contribution < 1.29 is 23.5 Å². The third kappa shape index (κ3) is 5.01. The van der Waals surface area contributed by atoms with E-state index in [9.17, 15) is 14.0 Å². The molecule has 1 aliphatic heterocycles. The highest BCUT2D eigenvalue weighted by molar-refractivity contribution is 6.01. The summed E-state index contributed by atoms with van der Waals surface area (Å²) in [4.78, 5) is 41.7. The number of piperidine rings is 1. The van der Waals surface area contributed by atoms with Gasteiger partial charge in [0.15, 0.2) is 11.6 Å². The number of ether oxygens (including phenoxy) is 2. The molecular formula is C30H32FN7O4. The standard InChI is InChI=1S/C30H32FN7O4/c1-6-41-22-11-21-25(24(33-16-32-21)20-14-37(5)36-23(20)17-7-9-19(31)10-8-17)34-26(22)35-27(39)30-12-18(30)13-38(15-30)28(40)42-29(2,3)4/h7-11,14,16,18H,6,12-13,15H2,1-5H3,(H,34,35,39). The van der Waals surface area contributed by atoms with Crippen molar-refractivity contribution >= 4 is 28.9 Å². The van der Waals surface area contributed by atoms with Crippen molar-refractivity contribution in [2.45, 2.75) is 39.7 Å². The van der Waals surface area contributed by atoms with E-state index in [1.807, 2.05) is 33.9 Å². The summed E-state index contributed by atoms with van der Waals surface area (Å²) in [5, 5.41) is 7.57. The van der Waals surface area contributed by atoms with Gasteiger partial charge in [0.05, 0.1) is 17.5 Å². The highest BCUT2D eigenvalue weighted by Gasteiger charge is 2.66. The van der Waals surface area contributed by atoms with Crippen molar-refractivity contribution in [3.63, 3.8) is 0 Å². The van der Waals surface area contributed by atoms with Gasteiger partial charge in [-0.1, -0.05) is 0 Å². The van der Waals surface area contributed by atoms with Crippen LogP contribution in [-0.4, -0.2) is 66.9 Å². The first-order valence-electron chi connectivity index (χ1n) is 13.9. The summed E-state index contributed by atoms with van der Waals surface area (Å²) >= 11 is 0. The fourth-order valence-electron chi connectivity index (χ4n) is 5.53. The number of fused-ring (bicyclic) bond motifs is 2. The Kier molecular flexibility index (Phi) is 6.58. The fraction of sp³-hybridized carbons (Fsp3) is 0.400. The van der Waals surface area contributed by atoms with E-state index in [4.69, 9.17) is 14.5 Å². The van der Waals surface area contributed by atoms with Crippen LogP contribution in [0, 0.1) is 17.2 Å². The van der Waals surface area contributed by atoms with Crippen LogP contribution < -0.4 is 10.1 Å². The molecule has 11 nitrogen and oxygen atoms in total. The average molecular weight is 574 g/mol. The summed E-state index contributed by atoms with van der Waals surface area (Å²) in [6.45, 7) is 8.39. The minimum atomic E-state index is -0.702. The predicted octanol–water partition coefficient (Wildman–Crippen LogP) is 4.83. The molecule has 0 radical (unpaired) electrons. The third-order valence-corrected chi connectivity index (χ3v) is 7.56. The first-order chi connectivity index (χ1) is 20.0. The number of likely N-dealkylation sites (tertiary alicyclic amines) is 1. The lowest BCUT2D eigenvalue weighted by Crippen LogP contribution is -2.39. The Labute approximate surface area is 242 Å². The van der Waals surface area contributed by atoms with E-state index in [2.05, 4.69) is 20.4 Å². The molecule has 218 valence electrons. The Morgan fingerprint density at radius 2 is 1.93 bits per heavy atom. The van der Waals surface area contributed by atoms with Crippen LogP contribution in [0.15, 0.2) is 42.9 Å². The highest BCUT2D eigenvalue weighted by atomic mass is 19.1. The minimum absolute atomic E-state index is 0.0496. The van der Waals surface area contributed by atoms with Crippen LogP contribution in [0.25, 0.3) is 33.5 Å². The number of carbonyl (C=O) groups is 2. The Hall–Kier alpha value is -4.61. The predicted molar refractivity (Wildman–Crippen MR) is 153 cm³/mol. The summed E-state index contributed by atoms with van der Waals surface area (Å²) < 4.78 is 26.7. The molecule has 1 saturated heterocycles. The number of nitrogens with zero attached hydrogens (tertiary/aromatic N) is 6. The number of hydrogen-bond donors (Lipinski definition) is 1. The zero-order valence-corrected chi connectivity index (χ0v) is 24.1. The SMILES string of the molecule is CCOc1cc2ncnc(-c3cn(C)nc3-c3ccc(F)cc3)c2nc1NC(=O)C12CC1CN(C(=O)OC(C)(C)C)C2. The van der Waals surface area contributed by atoms with Gasteiger partial charge in [0, 0.05) is 43.5 Å². The van der Waals surface area contributed by atoms with Crippen molar-refractivity contribution in [2.75, 3.05) is 25.0 Å². The van der Waals surface area contributed by atoms with Crippen LogP contribution in [0.1, 0.15) is 34.1 Å². The van der Waals surface area contributed by atoms with Crippen LogP contribution >= 0.6 is 0 Å². The number of amides is 2. The van der Waals surface area contributed by atoms with Gasteiger partial charge >= 0.3 is 6.09 Å². The van der Waals surface area contributed by atoms with Crippen molar-refractivity contribution in [3.8, 4) is 28.3 Å². The first-order valence-corrected chi connectivity index (χ1v) is 13.9. The number of carbonyl (C=O) groups excluding carboxylic acids is 2. The fourth-order valence-corrected chi connectivity index (χ4v) is 5.53. The van der Waals surface area contributed by atoms with Gasteiger partial charge in [0.25, 0.3) is 0 Å². The highest BCUT2D eigenvalue weighted by Crippen LogP contribution is 2.58. The number of nitrogens with one attached hydrogen (secondary N) is 1. The molecule has 1 N–H and O–H groups in total. The van der Waals surface area contributed by atoms with E-state index in [0.717, 1.165) is 0 Å². The molecule has 2 unspecified atom stereocenters. The molecule has 0 spiro atoms. The largest absolute Gasteiger partial charge is 0.490 e. The van der Waals surface area contributed by atoms with Gasteiger partial charge < -0.3 is 19.7 Å². The molecule has 2 fully saturated rings. The van der Waals surface area contributed by atoms with Gasteiger partial charge in [-0.05, 0) is 64.3 Å². The lowest BCUT2D eigenvalue weighted by Gasteiger charge is -2.26. The summed E-state index contributed by atoms with van der Waals surface area (Å²) in [7, 11) is 1.79. The lowest BCUT2D eigenvalue weighted by molar-refractivity contribution is -0.121. The van der Waals surface area contributed by atoms with Gasteiger partial charge in [-0.2, -0.15) is 5.10 Å². The number of rotatable bonds is 6. The van der Waals surface area contributed by atoms with E-state index in [0.29, 0.717) is 58.9 Å². The zero-order chi connectivity index (χ0) is 29.8. The number of pyridine rings is 1. The summed E-state index contributed by atoms with van der Waals surface area (Å²) in [5.41, 5.74) is 2.14. The van der Waals surface area contributed by atoms with Crippen molar-refractivity contribution in [3.05, 3.63) is 48.7 Å². The van der Waals surface area contributed by atoms with Crippen LogP contribution in [-0.2, 0) is 16.6 Å². The van der Waals surface area contributed by atoms with E-state index in [1.165, 1.54) is 18.5 Å². The van der Waals surface area contributed by atoms with Crippen molar-refractivity contribution in [2.24, 2.45) is 18.4 Å². The molecule has 1 saturated carbocycles. The maximum absolute atomic E-state index is 13.7. The van der Waals surface area contributed by atoms with Gasteiger partial charge in [0.2, 0.25) is 5.91 Å². The lowest BCUT2D eigenvalue weighted by atomic mass is 10.0. The second-order valence-corrected chi connectivity index (χ2v) is 11.8. The molecule has 12 heteroatoms. The molecule has 2 amide bonds. The number of benzene rings is 1. The molecule has 3 aromatic heterocycles. The van der Waals surface area contributed by atoms with Crippen LogP contribution in [0.3, 0.4) is 0 Å². The number of hydrogen-bond acceptors (Lipinski definition) is 8. The first kappa shape index (κ1) is 27.6. The van der Waals surface area contributed by atoms with E-state index in [1.54, 1.807) is 34.8 Å². The van der Waals surface area contributed by atoms with E-state index >= 15 is 0 Å². The molecule has 2 aliphatic rings. The molecule has 4 aromatic rings. The summed E-state index contributed by atoms with van der Waals surface area (Å²) in [5.74, 6) is 0.103. The quantitative estimate of drug-likeness (QED) is 0.348. The van der Waals surface area contributed by atoms with Gasteiger partial charge in [-0.3, -0.25) is 9.48 Å². The number of aryl methyl sites for hydroxylation is 1. The second kappa shape index (κ2) is 10.0. The monoisotopic (exact) mass is 573 g/mol. The Balaban J connectivity index is 1.35. The molecule has 2 atom stereocenters. The summed E-state index contributed by atoms with van der Waals surface area (Å²) in [6, 6.07) is 7.80. The van der Waals surface area contributed by atoms with Crippen LogP contribution in [0.4, 0.5) is 15.0 Å². The van der Waals surface area contributed by atoms with Crippen LogP contribution in [0.2, 0.25) is 0 Å². The molecule has 1 aliphatic carbocycles. The summed E-state index contributed by atoms with van der Waals surface area (Å²) in [6.07, 6.45) is 3.51. The Morgan fingerprint density at radius 1 is 1.17 bits per heavy atom. The van der Waals surface area contributed by atoms with Crippen molar-refractivity contribution in [1.82, 2.24) is 29.6 Å². The smallest absolute Gasteiger partial charge is 0.410 e. The van der Waals surface area contributed by atoms with E-state index in [-0.39, 0.29) is 30.0 Å². The van der Waals surface area contributed by atoms with Gasteiger partial charge in [-0.25, -0.2) is 24.1 Å². The topological polar surface area (TPSA) is 124 Å². The van der Waals surface area contributed by atoms with E-state index < -0.39 is 17.1 Å². The second-order valence-electron chi connectivity index (χ2n) is 11.8. The normalized spacial score (nSPS) is 19.5. The van der Waals surface area contributed by atoms with Crippen LogP contribution in [0.5, 0.6) is 5.75 Å². The molecule has 42 heavy (non-hydrogen) atoms. The maximum Gasteiger partial charge on any atom is 0.410 e. The Bertz CT molecular complexity index is 1700. The van der Waals surface area contributed by atoms with Crippen molar-refractivity contribution in [1.29, 1.82) is 0 Å². The molecule has 0 bridgehead atoms. The molecular weight excluding hydrogens is 541 g/mol. The zero-order valence-electron chi connectivity index (χ0n) is 24.1. The van der Waals surface area contributed by atoms with Gasteiger partial charge in [-0.15, -0.1) is 0 Å². The minimum Gasteiger partial charge on any atom is -0.490 e. The average Bonchev–Trinajstić information content (AvgIpc) is 3.28. The molecule has 1 aromatic carbocycles. The third-order valence-electron chi connectivity index (χ3n) is 7.56. The number of aromatic nitrogens is 5. The number of halogens is 1.